The fourth-order valence-corrected chi connectivity index (χ4v) is 3.56. The van der Waals surface area contributed by atoms with Gasteiger partial charge in [0, 0.05) is 33.4 Å². The van der Waals surface area contributed by atoms with Gasteiger partial charge in [-0.05, 0) is 69.8 Å². The van der Waals surface area contributed by atoms with Crippen LogP contribution in [0, 0.1) is 5.41 Å². The molecular formula is C23H41IN4O2. The fraction of sp³-hybridized carbons (Fsp3) is 0.696. The third kappa shape index (κ3) is 9.83. The van der Waals surface area contributed by atoms with Crippen molar-refractivity contribution in [2.75, 3.05) is 54.1 Å². The van der Waals surface area contributed by atoms with Crippen LogP contribution in [0.2, 0.25) is 0 Å². The van der Waals surface area contributed by atoms with Crippen molar-refractivity contribution in [1.82, 2.24) is 15.5 Å². The molecule has 172 valence electrons. The number of nitrogens with zero attached hydrogens (tertiary/aromatic N) is 2. The first-order chi connectivity index (χ1) is 14.1. The number of guanidine groups is 1. The summed E-state index contributed by atoms with van der Waals surface area (Å²) in [6, 6.07) is 8.27. The number of aliphatic imine (C=N–C) groups is 1. The predicted molar refractivity (Wildman–Crippen MR) is 136 cm³/mol. The first-order valence-corrected chi connectivity index (χ1v) is 10.9. The summed E-state index contributed by atoms with van der Waals surface area (Å²) in [5.41, 5.74) is 1.55. The quantitative estimate of drug-likeness (QED) is 0.175. The lowest BCUT2D eigenvalue weighted by Crippen LogP contribution is -2.46. The molecule has 0 bridgehead atoms. The minimum absolute atomic E-state index is 0. The Morgan fingerprint density at radius 2 is 1.87 bits per heavy atom. The first kappa shape index (κ1) is 27.0. The summed E-state index contributed by atoms with van der Waals surface area (Å²) in [5.74, 6) is 1.81. The first-order valence-electron chi connectivity index (χ1n) is 10.9. The van der Waals surface area contributed by atoms with E-state index in [1.807, 2.05) is 12.1 Å². The molecule has 0 unspecified atom stereocenters. The zero-order valence-corrected chi connectivity index (χ0v) is 21.5. The van der Waals surface area contributed by atoms with E-state index in [9.17, 15) is 0 Å². The Bertz CT molecular complexity index is 604. The van der Waals surface area contributed by atoms with Gasteiger partial charge < -0.3 is 25.0 Å². The molecule has 0 aliphatic heterocycles. The van der Waals surface area contributed by atoms with E-state index in [2.05, 4.69) is 48.7 Å². The Morgan fingerprint density at radius 3 is 2.43 bits per heavy atom. The molecule has 30 heavy (non-hydrogen) atoms. The molecular weight excluding hydrogens is 491 g/mol. The van der Waals surface area contributed by atoms with Crippen LogP contribution in [-0.4, -0.2) is 64.9 Å². The molecule has 0 radical (unpaired) electrons. The maximum absolute atomic E-state index is 5.81. The van der Waals surface area contributed by atoms with Crippen LogP contribution in [0.1, 0.15) is 44.6 Å². The van der Waals surface area contributed by atoms with Gasteiger partial charge in [-0.3, -0.25) is 0 Å². The Morgan fingerprint density at radius 1 is 1.13 bits per heavy atom. The summed E-state index contributed by atoms with van der Waals surface area (Å²) < 4.78 is 11.1. The monoisotopic (exact) mass is 532 g/mol. The van der Waals surface area contributed by atoms with Gasteiger partial charge in [0.25, 0.3) is 0 Å². The number of nitrogens with one attached hydrogen (secondary N) is 2. The molecule has 0 heterocycles. The molecule has 0 amide bonds. The molecule has 1 aliphatic rings. The fourth-order valence-electron chi connectivity index (χ4n) is 3.56. The van der Waals surface area contributed by atoms with E-state index < -0.39 is 0 Å². The summed E-state index contributed by atoms with van der Waals surface area (Å²) in [4.78, 5) is 6.94. The molecule has 2 N–H and O–H groups in total. The van der Waals surface area contributed by atoms with Crippen molar-refractivity contribution in [3.8, 4) is 5.75 Å². The number of benzene rings is 1. The maximum atomic E-state index is 5.81. The van der Waals surface area contributed by atoms with E-state index in [-0.39, 0.29) is 24.0 Å². The maximum Gasteiger partial charge on any atom is 0.191 e. The molecule has 0 aromatic heterocycles. The lowest BCUT2D eigenvalue weighted by atomic mass is 9.67. The summed E-state index contributed by atoms with van der Waals surface area (Å²) in [6.45, 7) is 7.19. The summed E-state index contributed by atoms with van der Waals surface area (Å²) in [5, 5.41) is 6.92. The molecule has 0 saturated heterocycles. The number of hydrogen-bond donors (Lipinski definition) is 2. The molecule has 0 spiro atoms. The smallest absolute Gasteiger partial charge is 0.191 e. The van der Waals surface area contributed by atoms with E-state index in [0.717, 1.165) is 57.4 Å². The van der Waals surface area contributed by atoms with Gasteiger partial charge in [-0.1, -0.05) is 18.6 Å². The van der Waals surface area contributed by atoms with E-state index in [1.165, 1.54) is 24.8 Å². The highest BCUT2D eigenvalue weighted by atomic mass is 127. The normalized spacial score (nSPS) is 15.3. The van der Waals surface area contributed by atoms with Crippen molar-refractivity contribution in [3.05, 3.63) is 29.8 Å². The van der Waals surface area contributed by atoms with Gasteiger partial charge in [0.1, 0.15) is 5.75 Å². The zero-order chi connectivity index (χ0) is 21.0. The summed E-state index contributed by atoms with van der Waals surface area (Å²) >= 11 is 0. The number of ether oxygens (including phenoxy) is 2. The van der Waals surface area contributed by atoms with Gasteiger partial charge in [0.2, 0.25) is 0 Å². The highest BCUT2D eigenvalue weighted by molar-refractivity contribution is 14.0. The third-order valence-corrected chi connectivity index (χ3v) is 5.59. The second-order valence-corrected chi connectivity index (χ2v) is 8.29. The van der Waals surface area contributed by atoms with Crippen LogP contribution in [0.25, 0.3) is 0 Å². The van der Waals surface area contributed by atoms with Crippen LogP contribution < -0.4 is 15.4 Å². The molecule has 1 saturated carbocycles. The molecule has 1 aromatic carbocycles. The van der Waals surface area contributed by atoms with Crippen LogP contribution >= 0.6 is 24.0 Å². The molecule has 6 nitrogen and oxygen atoms in total. The van der Waals surface area contributed by atoms with Crippen molar-refractivity contribution >= 4 is 29.9 Å². The average Bonchev–Trinajstić information content (AvgIpc) is 2.69. The van der Waals surface area contributed by atoms with E-state index >= 15 is 0 Å². The second-order valence-electron chi connectivity index (χ2n) is 8.29. The molecule has 1 aliphatic carbocycles. The van der Waals surface area contributed by atoms with Crippen molar-refractivity contribution in [1.29, 1.82) is 0 Å². The SMILES string of the molecule is CCNC(=NCc1ccc(OCCCN(C)C)cc1)NCC1(CCOC)CCC1.I. The third-order valence-electron chi connectivity index (χ3n) is 5.59. The Kier molecular flexibility index (Phi) is 13.4. The van der Waals surface area contributed by atoms with Crippen LogP contribution in [-0.2, 0) is 11.3 Å². The molecule has 1 fully saturated rings. The van der Waals surface area contributed by atoms with Crippen molar-refractivity contribution < 1.29 is 9.47 Å². The largest absolute Gasteiger partial charge is 0.494 e. The Hall–Kier alpha value is -1.06. The number of methoxy groups -OCH3 is 1. The zero-order valence-electron chi connectivity index (χ0n) is 19.2. The van der Waals surface area contributed by atoms with Crippen LogP contribution in [0.3, 0.4) is 0 Å². The van der Waals surface area contributed by atoms with Gasteiger partial charge in [0.05, 0.1) is 13.2 Å². The number of halogens is 1. The second kappa shape index (κ2) is 14.9. The molecule has 1 aromatic rings. The number of rotatable bonds is 13. The van der Waals surface area contributed by atoms with Gasteiger partial charge in [-0.15, -0.1) is 24.0 Å². The van der Waals surface area contributed by atoms with E-state index in [0.29, 0.717) is 12.0 Å². The molecule has 7 heteroatoms. The lowest BCUT2D eigenvalue weighted by Gasteiger charge is -2.42. The summed E-state index contributed by atoms with van der Waals surface area (Å²) in [6.07, 6.45) is 6.02. The van der Waals surface area contributed by atoms with Crippen LogP contribution in [0.5, 0.6) is 5.75 Å². The standard InChI is InChI=1S/C23H40N4O2.HI/c1-5-24-22(26-19-23(12-6-13-23)14-17-28-4)25-18-20-8-10-21(11-9-20)29-16-7-15-27(2)3;/h8-11H,5-7,12-19H2,1-4H3,(H2,24,25,26);1H. The topological polar surface area (TPSA) is 58.1 Å². The van der Waals surface area contributed by atoms with Gasteiger partial charge in [-0.25, -0.2) is 4.99 Å². The van der Waals surface area contributed by atoms with Crippen molar-refractivity contribution in [2.24, 2.45) is 10.4 Å². The lowest BCUT2D eigenvalue weighted by molar-refractivity contribution is 0.0732. The van der Waals surface area contributed by atoms with E-state index in [1.54, 1.807) is 7.11 Å². The van der Waals surface area contributed by atoms with Crippen molar-refractivity contribution in [2.45, 2.75) is 45.6 Å². The van der Waals surface area contributed by atoms with Gasteiger partial charge in [-0.2, -0.15) is 0 Å². The average molecular weight is 533 g/mol. The van der Waals surface area contributed by atoms with Crippen molar-refractivity contribution in [3.63, 3.8) is 0 Å². The molecule has 0 atom stereocenters. The minimum Gasteiger partial charge on any atom is -0.494 e. The Labute approximate surface area is 200 Å². The minimum atomic E-state index is 0. The molecule has 2 rings (SSSR count). The van der Waals surface area contributed by atoms with Gasteiger partial charge in [0.15, 0.2) is 5.96 Å². The highest BCUT2D eigenvalue weighted by Gasteiger charge is 2.36. The van der Waals surface area contributed by atoms with Crippen LogP contribution in [0.4, 0.5) is 0 Å². The predicted octanol–water partition coefficient (Wildman–Crippen LogP) is 3.90. The van der Waals surface area contributed by atoms with E-state index in [4.69, 9.17) is 14.5 Å². The number of hydrogen-bond acceptors (Lipinski definition) is 4. The highest BCUT2D eigenvalue weighted by Crippen LogP contribution is 2.43. The van der Waals surface area contributed by atoms with Gasteiger partial charge >= 0.3 is 0 Å². The Balaban J connectivity index is 0.00000450. The van der Waals surface area contributed by atoms with Crippen LogP contribution in [0.15, 0.2) is 29.3 Å². The summed E-state index contributed by atoms with van der Waals surface area (Å²) in [7, 11) is 5.94.